The van der Waals surface area contributed by atoms with Crippen LogP contribution in [0.3, 0.4) is 0 Å². The van der Waals surface area contributed by atoms with E-state index in [9.17, 15) is 0 Å². The van der Waals surface area contributed by atoms with Crippen LogP contribution < -0.4 is 0 Å². The molecule has 2 heterocycles. The lowest BCUT2D eigenvalue weighted by Gasteiger charge is -2.09. The molecule has 0 saturated heterocycles. The maximum atomic E-state index is 4.32. The summed E-state index contributed by atoms with van der Waals surface area (Å²) in [5.74, 6) is 0.636. The molecular weight excluding hydrogens is 164 g/mol. The molecule has 0 fully saturated rings. The van der Waals surface area contributed by atoms with E-state index in [-0.39, 0.29) is 5.54 Å². The molecule has 0 radical (unpaired) electrons. The zero-order valence-corrected chi connectivity index (χ0v) is 7.60. The van der Waals surface area contributed by atoms with Crippen molar-refractivity contribution in [3.63, 3.8) is 0 Å². The first-order chi connectivity index (χ1) is 6.17. The van der Waals surface area contributed by atoms with Crippen molar-refractivity contribution >= 4 is 18.2 Å². The van der Waals surface area contributed by atoms with Gasteiger partial charge in [0.25, 0.3) is 0 Å². The standard InChI is InChI=1S/C9H10N4/c1-9(2)6-12-8-7(5-13-9)10-3-4-11-8/h3-6H,1-2H3. The summed E-state index contributed by atoms with van der Waals surface area (Å²) in [6.07, 6.45) is 6.76. The van der Waals surface area contributed by atoms with Crippen molar-refractivity contribution in [2.75, 3.05) is 0 Å². The minimum absolute atomic E-state index is 0.262. The van der Waals surface area contributed by atoms with Crippen molar-refractivity contribution in [2.45, 2.75) is 19.4 Å². The molecule has 66 valence electrons. The largest absolute Gasteiger partial charge is 0.279 e. The zero-order chi connectivity index (χ0) is 9.31. The van der Waals surface area contributed by atoms with E-state index in [1.807, 2.05) is 13.8 Å². The van der Waals surface area contributed by atoms with E-state index >= 15 is 0 Å². The first kappa shape index (κ1) is 8.04. The summed E-state index contributed by atoms with van der Waals surface area (Å²) < 4.78 is 0. The molecule has 0 spiro atoms. The molecule has 4 nitrogen and oxygen atoms in total. The minimum Gasteiger partial charge on any atom is -0.279 e. The van der Waals surface area contributed by atoms with Crippen LogP contribution in [0.25, 0.3) is 0 Å². The molecule has 0 unspecified atom stereocenters. The third-order valence-electron chi connectivity index (χ3n) is 1.73. The van der Waals surface area contributed by atoms with E-state index < -0.39 is 0 Å². The molecule has 1 aromatic rings. The molecule has 0 amide bonds. The first-order valence-electron chi connectivity index (χ1n) is 4.09. The maximum absolute atomic E-state index is 4.32. The van der Waals surface area contributed by atoms with Crippen LogP contribution in [0, 0.1) is 0 Å². The number of rotatable bonds is 0. The van der Waals surface area contributed by atoms with Crippen LogP contribution >= 0.6 is 0 Å². The Bertz CT molecular complexity index is 344. The Hall–Kier alpha value is -1.58. The topological polar surface area (TPSA) is 50.5 Å². The summed E-state index contributed by atoms with van der Waals surface area (Å²) in [7, 11) is 0. The van der Waals surface area contributed by atoms with Crippen LogP contribution in [0.2, 0.25) is 0 Å². The Labute approximate surface area is 76.5 Å². The molecule has 4 heteroatoms. The van der Waals surface area contributed by atoms with Gasteiger partial charge >= 0.3 is 0 Å². The molecular formula is C9H10N4. The first-order valence-corrected chi connectivity index (χ1v) is 4.09. The summed E-state index contributed by atoms with van der Waals surface area (Å²) >= 11 is 0. The fourth-order valence-electron chi connectivity index (χ4n) is 1.01. The summed E-state index contributed by atoms with van der Waals surface area (Å²) in [5.41, 5.74) is 0.465. The second-order valence-electron chi connectivity index (χ2n) is 3.44. The minimum atomic E-state index is -0.262. The fraction of sp³-hybridized carbons (Fsp3) is 0.333. The SMILES string of the molecule is CC1(C)C=Nc2nccnc2C=N1. The number of hydrogen-bond donors (Lipinski definition) is 0. The molecule has 13 heavy (non-hydrogen) atoms. The Kier molecular flexibility index (Phi) is 1.69. The van der Waals surface area contributed by atoms with Crippen LogP contribution in [0.15, 0.2) is 22.4 Å². The van der Waals surface area contributed by atoms with Crippen molar-refractivity contribution in [2.24, 2.45) is 9.98 Å². The Morgan fingerprint density at radius 3 is 2.77 bits per heavy atom. The van der Waals surface area contributed by atoms with E-state index in [1.54, 1.807) is 24.8 Å². The molecule has 0 saturated carbocycles. The van der Waals surface area contributed by atoms with Crippen LogP contribution in [0.5, 0.6) is 0 Å². The lowest BCUT2D eigenvalue weighted by molar-refractivity contribution is 0.723. The highest BCUT2D eigenvalue weighted by molar-refractivity contribution is 5.89. The van der Waals surface area contributed by atoms with Gasteiger partial charge in [-0.1, -0.05) is 0 Å². The van der Waals surface area contributed by atoms with Gasteiger partial charge in [-0.15, -0.1) is 0 Å². The molecule has 1 aromatic heterocycles. The number of aromatic nitrogens is 2. The second kappa shape index (κ2) is 2.73. The highest BCUT2D eigenvalue weighted by Gasteiger charge is 2.15. The van der Waals surface area contributed by atoms with Gasteiger partial charge in [-0.25, -0.2) is 15.0 Å². The lowest BCUT2D eigenvalue weighted by Crippen LogP contribution is -2.17. The molecule has 0 N–H and O–H groups in total. The molecule has 0 atom stereocenters. The van der Waals surface area contributed by atoms with Crippen molar-refractivity contribution in [1.82, 2.24) is 9.97 Å². The van der Waals surface area contributed by atoms with Crippen molar-refractivity contribution < 1.29 is 0 Å². The van der Waals surface area contributed by atoms with Crippen molar-refractivity contribution in [3.05, 3.63) is 18.1 Å². The Balaban J connectivity index is 2.53. The number of nitrogens with zero attached hydrogens (tertiary/aromatic N) is 4. The fourth-order valence-corrected chi connectivity index (χ4v) is 1.01. The predicted molar refractivity (Wildman–Crippen MR) is 51.9 cm³/mol. The van der Waals surface area contributed by atoms with Crippen LogP contribution in [0.4, 0.5) is 5.82 Å². The molecule has 0 aliphatic carbocycles. The average Bonchev–Trinajstić information content (AvgIpc) is 2.27. The lowest BCUT2D eigenvalue weighted by atomic mass is 10.1. The highest BCUT2D eigenvalue weighted by atomic mass is 15.0. The van der Waals surface area contributed by atoms with Gasteiger partial charge in [-0.2, -0.15) is 0 Å². The normalized spacial score (nSPS) is 18.0. The van der Waals surface area contributed by atoms with Crippen molar-refractivity contribution in [3.8, 4) is 0 Å². The molecule has 0 bridgehead atoms. The number of aliphatic imine (C=N–C) groups is 2. The van der Waals surface area contributed by atoms with Gasteiger partial charge in [0, 0.05) is 18.6 Å². The summed E-state index contributed by atoms with van der Waals surface area (Å²) in [6, 6.07) is 0. The van der Waals surface area contributed by atoms with Gasteiger partial charge < -0.3 is 0 Å². The second-order valence-corrected chi connectivity index (χ2v) is 3.44. The quantitative estimate of drug-likeness (QED) is 0.596. The van der Waals surface area contributed by atoms with E-state index in [1.165, 1.54) is 0 Å². The smallest absolute Gasteiger partial charge is 0.179 e. The highest BCUT2D eigenvalue weighted by Crippen LogP contribution is 2.16. The zero-order valence-electron chi connectivity index (χ0n) is 7.60. The average molecular weight is 174 g/mol. The van der Waals surface area contributed by atoms with E-state index in [4.69, 9.17) is 0 Å². The molecule has 1 aliphatic heterocycles. The summed E-state index contributed by atoms with van der Waals surface area (Å²) in [4.78, 5) is 16.7. The summed E-state index contributed by atoms with van der Waals surface area (Å²) in [5, 5.41) is 0. The van der Waals surface area contributed by atoms with Gasteiger partial charge in [0.1, 0.15) is 5.69 Å². The van der Waals surface area contributed by atoms with Crippen LogP contribution in [0.1, 0.15) is 19.5 Å². The Morgan fingerprint density at radius 2 is 1.92 bits per heavy atom. The van der Waals surface area contributed by atoms with Crippen molar-refractivity contribution in [1.29, 1.82) is 0 Å². The number of fused-ring (bicyclic) bond motifs is 1. The molecule has 1 aliphatic rings. The van der Waals surface area contributed by atoms with Crippen LogP contribution in [-0.2, 0) is 0 Å². The van der Waals surface area contributed by atoms with Gasteiger partial charge in [-0.05, 0) is 13.8 Å². The van der Waals surface area contributed by atoms with Gasteiger partial charge in [0.15, 0.2) is 5.82 Å². The van der Waals surface area contributed by atoms with Gasteiger partial charge in [0.05, 0.1) is 11.8 Å². The Morgan fingerprint density at radius 1 is 1.15 bits per heavy atom. The monoisotopic (exact) mass is 174 g/mol. The molecule has 2 rings (SSSR count). The van der Waals surface area contributed by atoms with Gasteiger partial charge in [0.2, 0.25) is 0 Å². The third-order valence-corrected chi connectivity index (χ3v) is 1.73. The van der Waals surface area contributed by atoms with E-state index in [2.05, 4.69) is 20.0 Å². The summed E-state index contributed by atoms with van der Waals surface area (Å²) in [6.45, 7) is 3.97. The predicted octanol–water partition coefficient (Wildman–Crippen LogP) is 1.39. The van der Waals surface area contributed by atoms with E-state index in [0.29, 0.717) is 5.82 Å². The molecule has 0 aromatic carbocycles. The van der Waals surface area contributed by atoms with Gasteiger partial charge in [-0.3, -0.25) is 4.99 Å². The number of hydrogen-bond acceptors (Lipinski definition) is 4. The van der Waals surface area contributed by atoms with Crippen LogP contribution in [-0.4, -0.2) is 27.9 Å². The maximum Gasteiger partial charge on any atom is 0.179 e. The third kappa shape index (κ3) is 1.61. The van der Waals surface area contributed by atoms with E-state index in [0.717, 1.165) is 5.69 Å².